The van der Waals surface area contributed by atoms with E-state index in [4.69, 9.17) is 16.2 Å². The van der Waals surface area contributed by atoms with Crippen molar-refractivity contribution < 1.29 is 14.5 Å². The molecule has 0 spiro atoms. The highest BCUT2D eigenvalue weighted by Gasteiger charge is 2.25. The van der Waals surface area contributed by atoms with Crippen LogP contribution in [0.15, 0.2) is 22.7 Å². The summed E-state index contributed by atoms with van der Waals surface area (Å²) in [5.74, 6) is -0.316. The van der Waals surface area contributed by atoms with E-state index < -0.39 is 16.4 Å². The average Bonchev–Trinajstić information content (AvgIpc) is 2.30. The number of nitrogens with two attached hydrogens (primary N) is 2. The molecule has 0 aliphatic heterocycles. The van der Waals surface area contributed by atoms with Gasteiger partial charge in [-0.1, -0.05) is 6.07 Å². The molecule has 1 unspecified atom stereocenters. The molecule has 0 aromatic heterocycles. The molecule has 19 heavy (non-hydrogen) atoms. The first-order chi connectivity index (χ1) is 8.75. The molecule has 104 valence electrons. The number of benzene rings is 1. The molecule has 0 heterocycles. The summed E-state index contributed by atoms with van der Waals surface area (Å²) in [6, 6.07) is 4.44. The van der Waals surface area contributed by atoms with Crippen LogP contribution in [0.25, 0.3) is 0 Å². The fourth-order valence-corrected chi connectivity index (χ4v) is 1.77. The number of carbonyl (C=O) groups is 1. The number of hydrogen-bond acceptors (Lipinski definition) is 5. The molecule has 0 fully saturated rings. The number of carbonyl (C=O) groups excluding carboxylic acids is 1. The summed E-state index contributed by atoms with van der Waals surface area (Å²) in [4.78, 5) is 21.2. The lowest BCUT2D eigenvalue weighted by Gasteiger charge is -2.20. The van der Waals surface area contributed by atoms with E-state index in [0.717, 1.165) is 0 Å². The molecule has 1 amide bonds. The summed E-state index contributed by atoms with van der Waals surface area (Å²) in [5.41, 5.74) is 9.52. The van der Waals surface area contributed by atoms with E-state index in [9.17, 15) is 14.9 Å². The molecule has 7 nitrogen and oxygen atoms in total. The Morgan fingerprint density at radius 3 is 2.74 bits per heavy atom. The maximum atomic E-state index is 11.0. The number of nitro benzene ring substituents is 1. The van der Waals surface area contributed by atoms with Crippen molar-refractivity contribution in [3.8, 4) is 5.75 Å². The quantitative estimate of drug-likeness (QED) is 0.601. The van der Waals surface area contributed by atoms with Crippen molar-refractivity contribution in [1.29, 1.82) is 0 Å². The molecule has 1 rings (SSSR count). The maximum absolute atomic E-state index is 11.0. The van der Waals surface area contributed by atoms with Gasteiger partial charge < -0.3 is 16.2 Å². The van der Waals surface area contributed by atoms with E-state index in [0.29, 0.717) is 5.75 Å². The van der Waals surface area contributed by atoms with Gasteiger partial charge in [0.1, 0.15) is 10.2 Å². The SMILES string of the molecule is CC(N)(CCOc1cccc([N+](=O)[O-])c1Br)C(N)=O. The zero-order valence-electron chi connectivity index (χ0n) is 10.3. The molecule has 0 saturated carbocycles. The van der Waals surface area contributed by atoms with E-state index in [1.807, 2.05) is 0 Å². The van der Waals surface area contributed by atoms with Gasteiger partial charge in [-0.3, -0.25) is 14.9 Å². The first-order valence-electron chi connectivity index (χ1n) is 5.40. The molecule has 0 bridgehead atoms. The van der Waals surface area contributed by atoms with E-state index >= 15 is 0 Å². The number of hydrogen-bond donors (Lipinski definition) is 2. The minimum Gasteiger partial charge on any atom is -0.492 e. The largest absolute Gasteiger partial charge is 0.492 e. The minimum atomic E-state index is -1.17. The number of halogens is 1. The number of amides is 1. The summed E-state index contributed by atoms with van der Waals surface area (Å²) in [6.07, 6.45) is 0.206. The highest BCUT2D eigenvalue weighted by atomic mass is 79.9. The summed E-state index contributed by atoms with van der Waals surface area (Å²) < 4.78 is 5.62. The third-order valence-electron chi connectivity index (χ3n) is 2.58. The molecule has 0 aliphatic carbocycles. The predicted octanol–water partition coefficient (Wildman–Crippen LogP) is 1.33. The number of nitrogens with zero attached hydrogens (tertiary/aromatic N) is 1. The fraction of sp³-hybridized carbons (Fsp3) is 0.364. The molecule has 1 atom stereocenters. The van der Waals surface area contributed by atoms with Crippen molar-refractivity contribution in [2.24, 2.45) is 11.5 Å². The van der Waals surface area contributed by atoms with Gasteiger partial charge in [0.15, 0.2) is 0 Å². The van der Waals surface area contributed by atoms with Crippen LogP contribution >= 0.6 is 15.9 Å². The highest BCUT2D eigenvalue weighted by Crippen LogP contribution is 2.33. The maximum Gasteiger partial charge on any atom is 0.287 e. The molecule has 0 saturated heterocycles. The molecule has 4 N–H and O–H groups in total. The lowest BCUT2D eigenvalue weighted by Crippen LogP contribution is -2.50. The highest BCUT2D eigenvalue weighted by molar-refractivity contribution is 9.10. The lowest BCUT2D eigenvalue weighted by molar-refractivity contribution is -0.385. The monoisotopic (exact) mass is 331 g/mol. The molecule has 0 aliphatic rings. The zero-order valence-corrected chi connectivity index (χ0v) is 11.8. The summed E-state index contributed by atoms with van der Waals surface area (Å²) in [5, 5.41) is 10.7. The summed E-state index contributed by atoms with van der Waals surface area (Å²) in [6.45, 7) is 1.62. The Morgan fingerprint density at radius 2 is 2.21 bits per heavy atom. The topological polar surface area (TPSA) is 121 Å². The third kappa shape index (κ3) is 3.90. The number of rotatable bonds is 6. The van der Waals surface area contributed by atoms with Crippen LogP contribution in [-0.4, -0.2) is 23.0 Å². The van der Waals surface area contributed by atoms with Gasteiger partial charge in [-0.15, -0.1) is 0 Å². The second-order valence-electron chi connectivity index (χ2n) is 4.23. The van der Waals surface area contributed by atoms with Gasteiger partial charge in [0.2, 0.25) is 5.91 Å². The zero-order chi connectivity index (χ0) is 14.6. The van der Waals surface area contributed by atoms with E-state index in [-0.39, 0.29) is 23.2 Å². The van der Waals surface area contributed by atoms with Gasteiger partial charge in [-0.05, 0) is 28.9 Å². The van der Waals surface area contributed by atoms with Crippen LogP contribution in [-0.2, 0) is 4.79 Å². The van der Waals surface area contributed by atoms with Crippen LogP contribution in [0.4, 0.5) is 5.69 Å². The van der Waals surface area contributed by atoms with Crippen LogP contribution < -0.4 is 16.2 Å². The Labute approximate surface area is 118 Å². The molecular formula is C11H14BrN3O4. The van der Waals surface area contributed by atoms with Crippen molar-refractivity contribution in [1.82, 2.24) is 0 Å². The average molecular weight is 332 g/mol. The van der Waals surface area contributed by atoms with Gasteiger partial charge >= 0.3 is 0 Å². The Balaban J connectivity index is 2.72. The minimum absolute atomic E-state index is 0.0945. The summed E-state index contributed by atoms with van der Waals surface area (Å²) >= 11 is 3.10. The van der Waals surface area contributed by atoms with Crippen LogP contribution in [0.3, 0.4) is 0 Å². The van der Waals surface area contributed by atoms with Gasteiger partial charge in [0.05, 0.1) is 17.1 Å². The third-order valence-corrected chi connectivity index (χ3v) is 3.38. The van der Waals surface area contributed by atoms with Crippen LogP contribution in [0.5, 0.6) is 5.75 Å². The number of ether oxygens (including phenoxy) is 1. The fourth-order valence-electron chi connectivity index (χ4n) is 1.25. The van der Waals surface area contributed by atoms with Crippen molar-refractivity contribution in [2.75, 3.05) is 6.61 Å². The Hall–Kier alpha value is -1.67. The Bertz CT molecular complexity index is 505. The van der Waals surface area contributed by atoms with Crippen LogP contribution in [0.2, 0.25) is 0 Å². The number of nitro groups is 1. The van der Waals surface area contributed by atoms with E-state index in [1.165, 1.54) is 19.1 Å². The van der Waals surface area contributed by atoms with E-state index in [2.05, 4.69) is 15.9 Å². The lowest BCUT2D eigenvalue weighted by atomic mass is 9.99. The molecule has 1 aromatic carbocycles. The standard InChI is InChI=1S/C11H14BrN3O4/c1-11(14,10(13)16)5-6-19-8-4-2-3-7(9(8)12)15(17)18/h2-4H,5-6,14H2,1H3,(H2,13,16). The van der Waals surface area contributed by atoms with E-state index in [1.54, 1.807) is 6.07 Å². The van der Waals surface area contributed by atoms with Gasteiger partial charge in [0, 0.05) is 12.5 Å². The van der Waals surface area contributed by atoms with Crippen LogP contribution in [0, 0.1) is 10.1 Å². The van der Waals surface area contributed by atoms with Crippen molar-refractivity contribution >= 4 is 27.5 Å². The van der Waals surface area contributed by atoms with Crippen molar-refractivity contribution in [3.05, 3.63) is 32.8 Å². The Morgan fingerprint density at radius 1 is 1.58 bits per heavy atom. The first-order valence-corrected chi connectivity index (χ1v) is 6.19. The second-order valence-corrected chi connectivity index (χ2v) is 5.02. The van der Waals surface area contributed by atoms with Gasteiger partial charge in [0.25, 0.3) is 5.69 Å². The smallest absolute Gasteiger partial charge is 0.287 e. The second kappa shape index (κ2) is 5.98. The predicted molar refractivity (Wildman–Crippen MR) is 72.7 cm³/mol. The summed E-state index contributed by atoms with van der Waals surface area (Å²) in [7, 11) is 0. The van der Waals surface area contributed by atoms with Crippen LogP contribution in [0.1, 0.15) is 13.3 Å². The molecular weight excluding hydrogens is 318 g/mol. The molecule has 8 heteroatoms. The first kappa shape index (κ1) is 15.4. The van der Waals surface area contributed by atoms with Crippen molar-refractivity contribution in [3.63, 3.8) is 0 Å². The van der Waals surface area contributed by atoms with Gasteiger partial charge in [-0.25, -0.2) is 0 Å². The van der Waals surface area contributed by atoms with Crippen molar-refractivity contribution in [2.45, 2.75) is 18.9 Å². The Kier molecular flexibility index (Phi) is 4.84. The number of primary amides is 1. The van der Waals surface area contributed by atoms with Gasteiger partial charge in [-0.2, -0.15) is 0 Å². The molecule has 0 radical (unpaired) electrons. The molecule has 1 aromatic rings. The normalized spacial score (nSPS) is 13.6.